The summed E-state index contributed by atoms with van der Waals surface area (Å²) >= 11 is 0. The van der Waals surface area contributed by atoms with Crippen molar-refractivity contribution in [1.82, 2.24) is 9.97 Å². The fourth-order valence-electron chi connectivity index (χ4n) is 3.33. The molecule has 1 aliphatic rings. The molecule has 2 heterocycles. The SMILES string of the molecule is CC(C)C(=O)Nc1ccc(C(=O)C(C)OC(=O)C2CCN(c3ncccn3)CC2)cc1. The van der Waals surface area contributed by atoms with Gasteiger partial charge in [0.05, 0.1) is 5.92 Å². The Kier molecular flexibility index (Phi) is 7.33. The molecule has 164 valence electrons. The number of aromatic nitrogens is 2. The van der Waals surface area contributed by atoms with Crippen LogP contribution in [0.15, 0.2) is 42.7 Å². The van der Waals surface area contributed by atoms with Gasteiger partial charge in [-0.2, -0.15) is 0 Å². The fraction of sp³-hybridized carbons (Fsp3) is 0.435. The van der Waals surface area contributed by atoms with Gasteiger partial charge >= 0.3 is 5.97 Å². The van der Waals surface area contributed by atoms with Crippen LogP contribution in [0.1, 0.15) is 44.0 Å². The molecule has 0 radical (unpaired) electrons. The van der Waals surface area contributed by atoms with Crippen LogP contribution in [0, 0.1) is 11.8 Å². The van der Waals surface area contributed by atoms with Crippen LogP contribution in [0.25, 0.3) is 0 Å². The van der Waals surface area contributed by atoms with Gasteiger partial charge in [0.1, 0.15) is 0 Å². The normalized spacial score (nSPS) is 15.4. The number of piperidine rings is 1. The number of ether oxygens (including phenoxy) is 1. The van der Waals surface area contributed by atoms with Crippen LogP contribution in [-0.4, -0.2) is 46.8 Å². The third kappa shape index (κ3) is 5.87. The lowest BCUT2D eigenvalue weighted by Crippen LogP contribution is -2.39. The van der Waals surface area contributed by atoms with E-state index in [2.05, 4.69) is 15.3 Å². The van der Waals surface area contributed by atoms with Crippen molar-refractivity contribution in [3.05, 3.63) is 48.3 Å². The molecule has 1 amide bonds. The van der Waals surface area contributed by atoms with Gasteiger partial charge in [-0.15, -0.1) is 0 Å². The first-order valence-corrected chi connectivity index (χ1v) is 10.5. The van der Waals surface area contributed by atoms with Gasteiger partial charge in [-0.3, -0.25) is 14.4 Å². The maximum atomic E-state index is 12.7. The number of ketones is 1. The third-order valence-corrected chi connectivity index (χ3v) is 5.29. The highest BCUT2D eigenvalue weighted by Crippen LogP contribution is 2.22. The van der Waals surface area contributed by atoms with E-state index < -0.39 is 6.10 Å². The van der Waals surface area contributed by atoms with Crippen molar-refractivity contribution in [2.24, 2.45) is 11.8 Å². The predicted octanol–water partition coefficient (Wildman–Crippen LogP) is 3.10. The molecule has 1 atom stereocenters. The van der Waals surface area contributed by atoms with Crippen molar-refractivity contribution in [3.8, 4) is 0 Å². The third-order valence-electron chi connectivity index (χ3n) is 5.29. The van der Waals surface area contributed by atoms with Gasteiger partial charge in [0.15, 0.2) is 6.10 Å². The molecule has 0 aliphatic carbocycles. The summed E-state index contributed by atoms with van der Waals surface area (Å²) in [4.78, 5) is 47.5. The van der Waals surface area contributed by atoms with Crippen molar-refractivity contribution >= 4 is 29.3 Å². The van der Waals surface area contributed by atoms with Gasteiger partial charge in [0.2, 0.25) is 17.6 Å². The fourth-order valence-corrected chi connectivity index (χ4v) is 3.33. The second-order valence-electron chi connectivity index (χ2n) is 7.97. The first-order valence-electron chi connectivity index (χ1n) is 10.5. The van der Waals surface area contributed by atoms with Gasteiger partial charge in [0.25, 0.3) is 0 Å². The van der Waals surface area contributed by atoms with E-state index >= 15 is 0 Å². The molecule has 8 heteroatoms. The van der Waals surface area contributed by atoms with Crippen LogP contribution >= 0.6 is 0 Å². The predicted molar refractivity (Wildman–Crippen MR) is 117 cm³/mol. The Morgan fingerprint density at radius 2 is 1.65 bits per heavy atom. The standard InChI is InChI=1S/C23H28N4O4/c1-15(2)21(29)26-19-7-5-17(6-8-19)20(28)16(3)31-22(30)18-9-13-27(14-10-18)23-24-11-4-12-25-23/h4-8,11-12,15-16,18H,9-10,13-14H2,1-3H3,(H,26,29). The average molecular weight is 425 g/mol. The topological polar surface area (TPSA) is 101 Å². The second kappa shape index (κ2) is 10.1. The Hall–Kier alpha value is -3.29. The molecule has 0 bridgehead atoms. The van der Waals surface area contributed by atoms with Crippen LogP contribution in [-0.2, 0) is 14.3 Å². The number of amides is 1. The van der Waals surface area contributed by atoms with Crippen molar-refractivity contribution < 1.29 is 19.1 Å². The number of rotatable bonds is 7. The quantitative estimate of drug-likeness (QED) is 0.538. The zero-order valence-electron chi connectivity index (χ0n) is 18.1. The number of Topliss-reactive ketones (excluding diaryl/α,β-unsaturated/α-hetero) is 1. The van der Waals surface area contributed by atoms with E-state index in [1.165, 1.54) is 0 Å². The van der Waals surface area contributed by atoms with Crippen LogP contribution in [0.3, 0.4) is 0 Å². The molecule has 1 unspecified atom stereocenters. The minimum atomic E-state index is -0.876. The number of anilines is 2. The lowest BCUT2D eigenvalue weighted by atomic mass is 9.97. The van der Waals surface area contributed by atoms with Gasteiger partial charge in [-0.25, -0.2) is 9.97 Å². The smallest absolute Gasteiger partial charge is 0.309 e. The summed E-state index contributed by atoms with van der Waals surface area (Å²) in [5.74, 6) is -0.436. The summed E-state index contributed by atoms with van der Waals surface area (Å²) in [6, 6.07) is 8.36. The molecule has 1 aliphatic heterocycles. The lowest BCUT2D eigenvalue weighted by molar-refractivity contribution is -0.152. The van der Waals surface area contributed by atoms with Gasteiger partial charge in [-0.05, 0) is 50.1 Å². The highest BCUT2D eigenvalue weighted by atomic mass is 16.5. The maximum Gasteiger partial charge on any atom is 0.309 e. The van der Waals surface area contributed by atoms with Gasteiger partial charge < -0.3 is 15.0 Å². The largest absolute Gasteiger partial charge is 0.454 e. The molecular formula is C23H28N4O4. The highest BCUT2D eigenvalue weighted by Gasteiger charge is 2.29. The molecule has 0 saturated carbocycles. The lowest BCUT2D eigenvalue weighted by Gasteiger charge is -2.31. The van der Waals surface area contributed by atoms with Crippen LogP contribution < -0.4 is 10.2 Å². The molecule has 1 N–H and O–H groups in total. The van der Waals surface area contributed by atoms with Gasteiger partial charge in [-0.1, -0.05) is 13.8 Å². The summed E-state index contributed by atoms with van der Waals surface area (Å²) in [6.45, 7) is 6.53. The van der Waals surface area contributed by atoms with E-state index in [1.807, 2.05) is 18.7 Å². The van der Waals surface area contributed by atoms with E-state index in [9.17, 15) is 14.4 Å². The highest BCUT2D eigenvalue weighted by molar-refractivity contribution is 6.01. The Bertz CT molecular complexity index is 907. The van der Waals surface area contributed by atoms with Crippen LogP contribution in [0.5, 0.6) is 0 Å². The molecule has 1 aromatic heterocycles. The van der Waals surface area contributed by atoms with E-state index in [0.717, 1.165) is 0 Å². The summed E-state index contributed by atoms with van der Waals surface area (Å²) in [5, 5.41) is 2.78. The van der Waals surface area contributed by atoms with E-state index in [0.29, 0.717) is 43.1 Å². The molecule has 2 aromatic rings. The molecule has 31 heavy (non-hydrogen) atoms. The number of carbonyl (C=O) groups is 3. The minimum absolute atomic E-state index is 0.0914. The Labute approximate surface area is 182 Å². The maximum absolute atomic E-state index is 12.7. The van der Waals surface area contributed by atoms with E-state index in [-0.39, 0.29) is 29.5 Å². The Balaban J connectivity index is 1.50. The summed E-state index contributed by atoms with van der Waals surface area (Å²) in [7, 11) is 0. The molecule has 3 rings (SSSR count). The Morgan fingerprint density at radius 1 is 1.03 bits per heavy atom. The Morgan fingerprint density at radius 3 is 2.23 bits per heavy atom. The van der Waals surface area contributed by atoms with Crippen molar-refractivity contribution in [3.63, 3.8) is 0 Å². The second-order valence-corrected chi connectivity index (χ2v) is 7.97. The molecule has 1 aromatic carbocycles. The number of nitrogens with zero attached hydrogens (tertiary/aromatic N) is 3. The minimum Gasteiger partial charge on any atom is -0.454 e. The number of nitrogens with one attached hydrogen (secondary N) is 1. The zero-order chi connectivity index (χ0) is 22.4. The zero-order valence-corrected chi connectivity index (χ0v) is 18.1. The summed E-state index contributed by atoms with van der Waals surface area (Å²) in [5.41, 5.74) is 1.05. The first kappa shape index (κ1) is 22.4. The molecular weight excluding hydrogens is 396 g/mol. The molecule has 1 fully saturated rings. The molecule has 0 spiro atoms. The number of esters is 1. The summed E-state index contributed by atoms with van der Waals surface area (Å²) in [6.07, 6.45) is 3.77. The molecule has 8 nitrogen and oxygen atoms in total. The van der Waals surface area contributed by atoms with Crippen molar-refractivity contribution in [2.75, 3.05) is 23.3 Å². The van der Waals surface area contributed by atoms with Crippen molar-refractivity contribution in [2.45, 2.75) is 39.7 Å². The van der Waals surface area contributed by atoms with Crippen LogP contribution in [0.2, 0.25) is 0 Å². The van der Waals surface area contributed by atoms with E-state index in [1.54, 1.807) is 49.6 Å². The molecule has 1 saturated heterocycles. The number of benzene rings is 1. The number of carbonyl (C=O) groups excluding carboxylic acids is 3. The first-order chi connectivity index (χ1) is 14.8. The van der Waals surface area contributed by atoms with E-state index in [4.69, 9.17) is 4.74 Å². The monoisotopic (exact) mass is 424 g/mol. The van der Waals surface area contributed by atoms with Crippen molar-refractivity contribution in [1.29, 1.82) is 0 Å². The number of hydrogen-bond acceptors (Lipinski definition) is 7. The average Bonchev–Trinajstić information content (AvgIpc) is 2.79. The van der Waals surface area contributed by atoms with Crippen LogP contribution in [0.4, 0.5) is 11.6 Å². The summed E-state index contributed by atoms with van der Waals surface area (Å²) < 4.78 is 5.47. The van der Waals surface area contributed by atoms with Gasteiger partial charge in [0, 0.05) is 42.7 Å². The number of hydrogen-bond donors (Lipinski definition) is 1.